The number of nitro benzene ring substituents is 1. The van der Waals surface area contributed by atoms with Crippen molar-refractivity contribution in [2.75, 3.05) is 0 Å². The molecule has 6 heteroatoms. The Morgan fingerprint density at radius 3 is 2.53 bits per heavy atom. The molecule has 2 heterocycles. The molecule has 0 aliphatic carbocycles. The molecular formula is C13H11N3O2S. The third-order valence-corrected chi connectivity index (χ3v) is 4.13. The van der Waals surface area contributed by atoms with Gasteiger partial charge in [0.25, 0.3) is 5.69 Å². The van der Waals surface area contributed by atoms with E-state index in [2.05, 4.69) is 16.3 Å². The molecule has 5 nitrogen and oxygen atoms in total. The number of thiophene rings is 1. The van der Waals surface area contributed by atoms with Crippen molar-refractivity contribution in [3.63, 3.8) is 0 Å². The quantitative estimate of drug-likeness (QED) is 0.618. The van der Waals surface area contributed by atoms with E-state index in [0.29, 0.717) is 0 Å². The molecule has 2 atom stereocenters. The van der Waals surface area contributed by atoms with Crippen LogP contribution in [-0.4, -0.2) is 4.92 Å². The summed E-state index contributed by atoms with van der Waals surface area (Å²) in [7, 11) is 0. The van der Waals surface area contributed by atoms with Crippen LogP contribution in [0.2, 0.25) is 0 Å². The van der Waals surface area contributed by atoms with Crippen molar-refractivity contribution >= 4 is 17.0 Å². The van der Waals surface area contributed by atoms with Gasteiger partial charge < -0.3 is 0 Å². The topological polar surface area (TPSA) is 67.9 Å². The van der Waals surface area contributed by atoms with E-state index < -0.39 is 4.92 Å². The van der Waals surface area contributed by atoms with Gasteiger partial charge in [0.05, 0.1) is 11.0 Å². The fourth-order valence-corrected chi connectivity index (χ4v) is 2.91. The van der Waals surface area contributed by atoms with Crippen LogP contribution in [0.15, 0.2) is 52.0 Å². The summed E-state index contributed by atoms with van der Waals surface area (Å²) in [6.45, 7) is 0. The molecule has 1 aromatic heterocycles. The normalized spacial score (nSPS) is 21.7. The molecule has 0 saturated heterocycles. The molecular weight excluding hydrogens is 262 g/mol. The van der Waals surface area contributed by atoms with E-state index >= 15 is 0 Å². The van der Waals surface area contributed by atoms with Crippen molar-refractivity contribution in [2.24, 2.45) is 10.2 Å². The number of rotatable bonds is 3. The van der Waals surface area contributed by atoms with Crippen molar-refractivity contribution in [1.82, 2.24) is 0 Å². The molecule has 0 fully saturated rings. The Morgan fingerprint density at radius 1 is 1.16 bits per heavy atom. The first-order valence-corrected chi connectivity index (χ1v) is 6.80. The highest BCUT2D eigenvalue weighted by Crippen LogP contribution is 2.40. The van der Waals surface area contributed by atoms with Gasteiger partial charge in [0, 0.05) is 23.4 Å². The van der Waals surface area contributed by atoms with Crippen LogP contribution in [-0.2, 0) is 0 Å². The van der Waals surface area contributed by atoms with Gasteiger partial charge >= 0.3 is 0 Å². The molecule has 96 valence electrons. The zero-order valence-electron chi connectivity index (χ0n) is 9.97. The maximum Gasteiger partial charge on any atom is 0.269 e. The van der Waals surface area contributed by atoms with E-state index in [9.17, 15) is 10.1 Å². The van der Waals surface area contributed by atoms with E-state index in [4.69, 9.17) is 0 Å². The second-order valence-electron chi connectivity index (χ2n) is 4.36. The molecule has 19 heavy (non-hydrogen) atoms. The smallest absolute Gasteiger partial charge is 0.258 e. The molecule has 2 aromatic rings. The first kappa shape index (κ1) is 12.0. The molecule has 1 aliphatic heterocycles. The Bertz CT molecular complexity index is 607. The van der Waals surface area contributed by atoms with Gasteiger partial charge in [0.1, 0.15) is 6.04 Å². The van der Waals surface area contributed by atoms with Crippen LogP contribution in [0.25, 0.3) is 0 Å². The number of azo groups is 1. The number of non-ortho nitro benzene ring substituents is 1. The summed E-state index contributed by atoms with van der Waals surface area (Å²) >= 11 is 1.68. The predicted molar refractivity (Wildman–Crippen MR) is 72.4 cm³/mol. The molecule has 0 amide bonds. The minimum absolute atomic E-state index is 0.00732. The standard InChI is InChI=1S/C13H11N3O2S/c17-16(18)10-5-3-9(4-6-10)11-8-12(15-14-11)13-2-1-7-19-13/h1-7,11-12H,8H2. The fourth-order valence-electron chi connectivity index (χ4n) is 2.14. The molecule has 0 N–H and O–H groups in total. The van der Waals surface area contributed by atoms with Crippen molar-refractivity contribution < 1.29 is 4.92 Å². The Morgan fingerprint density at radius 2 is 1.89 bits per heavy atom. The number of benzene rings is 1. The van der Waals surface area contributed by atoms with Crippen molar-refractivity contribution in [3.05, 3.63) is 62.3 Å². The Kier molecular flexibility index (Phi) is 3.08. The highest BCUT2D eigenvalue weighted by molar-refractivity contribution is 7.10. The van der Waals surface area contributed by atoms with E-state index in [0.717, 1.165) is 12.0 Å². The minimum Gasteiger partial charge on any atom is -0.258 e. The molecule has 1 aromatic carbocycles. The summed E-state index contributed by atoms with van der Waals surface area (Å²) in [6, 6.07) is 10.8. The molecule has 1 aliphatic rings. The average Bonchev–Trinajstić information content (AvgIpc) is 3.10. The lowest BCUT2D eigenvalue weighted by Gasteiger charge is -2.07. The van der Waals surface area contributed by atoms with Gasteiger partial charge in [0.15, 0.2) is 0 Å². The zero-order chi connectivity index (χ0) is 13.2. The van der Waals surface area contributed by atoms with Crippen LogP contribution in [0.4, 0.5) is 5.69 Å². The summed E-state index contributed by atoms with van der Waals surface area (Å²) in [5, 5.41) is 21.2. The molecule has 0 spiro atoms. The highest BCUT2D eigenvalue weighted by atomic mass is 32.1. The third kappa shape index (κ3) is 2.39. The van der Waals surface area contributed by atoms with Gasteiger partial charge in [-0.1, -0.05) is 6.07 Å². The molecule has 2 unspecified atom stereocenters. The number of nitro groups is 1. The van der Waals surface area contributed by atoms with Crippen molar-refractivity contribution in [2.45, 2.75) is 18.5 Å². The summed E-state index contributed by atoms with van der Waals surface area (Å²) in [5.74, 6) is 0. The van der Waals surface area contributed by atoms with Gasteiger partial charge in [-0.3, -0.25) is 10.1 Å². The first-order chi connectivity index (χ1) is 9.24. The summed E-state index contributed by atoms with van der Waals surface area (Å²) in [4.78, 5) is 11.4. The maximum absolute atomic E-state index is 10.6. The summed E-state index contributed by atoms with van der Waals surface area (Å²) < 4.78 is 0. The second kappa shape index (κ2) is 4.89. The van der Waals surface area contributed by atoms with Crippen LogP contribution in [0.1, 0.15) is 28.9 Å². The van der Waals surface area contributed by atoms with Crippen LogP contribution in [0.5, 0.6) is 0 Å². The second-order valence-corrected chi connectivity index (χ2v) is 5.34. The zero-order valence-corrected chi connectivity index (χ0v) is 10.8. The summed E-state index contributed by atoms with van der Waals surface area (Å²) in [6.07, 6.45) is 0.832. The summed E-state index contributed by atoms with van der Waals surface area (Å²) in [5.41, 5.74) is 1.09. The largest absolute Gasteiger partial charge is 0.269 e. The van der Waals surface area contributed by atoms with Crippen LogP contribution in [0.3, 0.4) is 0 Å². The number of hydrogen-bond donors (Lipinski definition) is 0. The van der Waals surface area contributed by atoms with Crippen molar-refractivity contribution in [1.29, 1.82) is 0 Å². The number of nitrogens with zero attached hydrogens (tertiary/aromatic N) is 3. The van der Waals surface area contributed by atoms with E-state index in [1.54, 1.807) is 23.5 Å². The van der Waals surface area contributed by atoms with Crippen LogP contribution < -0.4 is 0 Å². The van der Waals surface area contributed by atoms with Crippen LogP contribution >= 0.6 is 11.3 Å². The Hall–Kier alpha value is -2.08. The molecule has 0 radical (unpaired) electrons. The SMILES string of the molecule is O=[N+]([O-])c1ccc(C2CC(c3cccs3)N=N2)cc1. The number of hydrogen-bond acceptors (Lipinski definition) is 5. The van der Waals surface area contributed by atoms with Gasteiger partial charge in [-0.2, -0.15) is 10.2 Å². The Balaban J connectivity index is 1.75. The molecule has 0 bridgehead atoms. The van der Waals surface area contributed by atoms with Crippen LogP contribution in [0, 0.1) is 10.1 Å². The van der Waals surface area contributed by atoms with Gasteiger partial charge in [-0.25, -0.2) is 0 Å². The van der Waals surface area contributed by atoms with E-state index in [1.807, 2.05) is 11.4 Å². The average molecular weight is 273 g/mol. The molecule has 0 saturated carbocycles. The lowest BCUT2D eigenvalue weighted by molar-refractivity contribution is -0.384. The Labute approximate surface area is 113 Å². The van der Waals surface area contributed by atoms with E-state index in [-0.39, 0.29) is 17.8 Å². The monoisotopic (exact) mass is 273 g/mol. The highest BCUT2D eigenvalue weighted by Gasteiger charge is 2.25. The predicted octanol–water partition coefficient (Wildman–Crippen LogP) is 4.29. The first-order valence-electron chi connectivity index (χ1n) is 5.92. The van der Waals surface area contributed by atoms with Gasteiger partial charge in [0.2, 0.25) is 0 Å². The third-order valence-electron chi connectivity index (χ3n) is 3.15. The molecule has 3 rings (SSSR count). The van der Waals surface area contributed by atoms with Gasteiger partial charge in [-0.05, 0) is 29.1 Å². The van der Waals surface area contributed by atoms with Crippen molar-refractivity contribution in [3.8, 4) is 0 Å². The lowest BCUT2D eigenvalue weighted by Crippen LogP contribution is -1.96. The lowest BCUT2D eigenvalue weighted by atomic mass is 10.0. The maximum atomic E-state index is 10.6. The van der Waals surface area contributed by atoms with Gasteiger partial charge in [-0.15, -0.1) is 11.3 Å². The fraction of sp³-hybridized carbons (Fsp3) is 0.231. The minimum atomic E-state index is -0.394. The van der Waals surface area contributed by atoms with E-state index in [1.165, 1.54) is 17.0 Å².